The fraction of sp³-hybridized carbons (Fsp3) is 0.393. The van der Waals surface area contributed by atoms with E-state index < -0.39 is 6.04 Å². The van der Waals surface area contributed by atoms with Gasteiger partial charge in [-0.3, -0.25) is 14.4 Å². The van der Waals surface area contributed by atoms with Crippen LogP contribution in [0.2, 0.25) is 0 Å². The topological polar surface area (TPSA) is 73.5 Å². The number of aromatic nitrogens is 1. The number of imide groups is 1. The maximum absolute atomic E-state index is 13.9. The number of aromatic amines is 1. The minimum atomic E-state index is -0.785. The van der Waals surface area contributed by atoms with Gasteiger partial charge in [-0.2, -0.15) is 0 Å². The fourth-order valence-electron chi connectivity index (χ4n) is 5.70. The van der Waals surface area contributed by atoms with Gasteiger partial charge in [0.1, 0.15) is 6.04 Å². The molecule has 35 heavy (non-hydrogen) atoms. The summed E-state index contributed by atoms with van der Waals surface area (Å²) in [5.41, 5.74) is 2.37. The van der Waals surface area contributed by atoms with Gasteiger partial charge in [-0.25, -0.2) is 4.90 Å². The Morgan fingerprint density at radius 3 is 2.37 bits per heavy atom. The third-order valence-corrected chi connectivity index (χ3v) is 9.15. The number of hydrogen-bond donors (Lipinski definition) is 1. The van der Waals surface area contributed by atoms with E-state index in [4.69, 9.17) is 0 Å². The van der Waals surface area contributed by atoms with Gasteiger partial charge in [-0.1, -0.05) is 45.9 Å². The fourth-order valence-corrected chi connectivity index (χ4v) is 6.06. The predicted octanol–water partition coefficient (Wildman–Crippen LogP) is 5.16. The number of nitrogens with zero attached hydrogens (tertiary/aromatic N) is 2. The second-order valence-corrected chi connectivity index (χ2v) is 12.0. The van der Waals surface area contributed by atoms with Crippen LogP contribution in [0, 0.1) is 20.3 Å². The van der Waals surface area contributed by atoms with E-state index in [0.717, 1.165) is 20.0 Å². The number of rotatable bonds is 6. The van der Waals surface area contributed by atoms with Crippen molar-refractivity contribution in [2.75, 3.05) is 11.4 Å². The van der Waals surface area contributed by atoms with Crippen molar-refractivity contribution in [3.05, 3.63) is 63.9 Å². The zero-order chi connectivity index (χ0) is 25.1. The SMILES string of the molecule is CC1(C)C(C(=O)N(CCc2c[nH]c3ccccc23)C2CC(=O)N(c3ccc(I)cc3)C2=O)C1(C)C. The smallest absolute Gasteiger partial charge is 0.257 e. The van der Waals surface area contributed by atoms with Crippen LogP contribution in [0.4, 0.5) is 5.69 Å². The van der Waals surface area contributed by atoms with Crippen LogP contribution in [0.3, 0.4) is 0 Å². The largest absolute Gasteiger partial charge is 0.361 e. The van der Waals surface area contributed by atoms with Gasteiger partial charge in [-0.05, 0) is 75.7 Å². The first-order valence-corrected chi connectivity index (χ1v) is 13.1. The van der Waals surface area contributed by atoms with Gasteiger partial charge in [0.05, 0.1) is 12.1 Å². The molecule has 0 radical (unpaired) electrons. The van der Waals surface area contributed by atoms with Crippen molar-refractivity contribution in [3.63, 3.8) is 0 Å². The Bertz CT molecular complexity index is 1310. The highest BCUT2D eigenvalue weighted by atomic mass is 127. The number of carbonyl (C=O) groups excluding carboxylic acids is 3. The van der Waals surface area contributed by atoms with Crippen LogP contribution in [-0.4, -0.2) is 40.2 Å². The number of H-pyrrole nitrogens is 1. The summed E-state index contributed by atoms with van der Waals surface area (Å²) >= 11 is 2.19. The molecule has 2 aliphatic rings. The summed E-state index contributed by atoms with van der Waals surface area (Å²) in [6, 6.07) is 14.6. The first-order chi connectivity index (χ1) is 16.5. The normalized spacial score (nSPS) is 21.1. The number of amides is 3. The van der Waals surface area contributed by atoms with Gasteiger partial charge >= 0.3 is 0 Å². The molecule has 1 aliphatic carbocycles. The Kier molecular flexibility index (Phi) is 5.81. The van der Waals surface area contributed by atoms with Crippen LogP contribution in [0.5, 0.6) is 0 Å². The second kappa shape index (κ2) is 8.47. The van der Waals surface area contributed by atoms with Crippen molar-refractivity contribution in [2.45, 2.75) is 46.6 Å². The summed E-state index contributed by atoms with van der Waals surface area (Å²) < 4.78 is 1.02. The number of anilines is 1. The minimum absolute atomic E-state index is 0.0119. The number of para-hydroxylation sites is 1. The molecule has 0 bridgehead atoms. The molecule has 182 valence electrons. The number of benzene rings is 2. The Hall–Kier alpha value is -2.68. The molecule has 1 atom stereocenters. The summed E-state index contributed by atoms with van der Waals surface area (Å²) in [6.45, 7) is 8.80. The maximum atomic E-state index is 13.9. The molecule has 6 nitrogen and oxygen atoms in total. The lowest BCUT2D eigenvalue weighted by atomic mass is 10.0. The molecule has 2 aromatic carbocycles. The van der Waals surface area contributed by atoms with Gasteiger partial charge in [0.25, 0.3) is 5.91 Å². The molecule has 1 saturated heterocycles. The Morgan fingerprint density at radius 1 is 1.06 bits per heavy atom. The molecule has 0 spiro atoms. The van der Waals surface area contributed by atoms with Crippen molar-refractivity contribution < 1.29 is 14.4 Å². The second-order valence-electron chi connectivity index (χ2n) is 10.8. The van der Waals surface area contributed by atoms with E-state index in [1.807, 2.05) is 36.5 Å². The summed E-state index contributed by atoms with van der Waals surface area (Å²) in [7, 11) is 0. The van der Waals surface area contributed by atoms with E-state index in [-0.39, 0.29) is 40.9 Å². The lowest BCUT2D eigenvalue weighted by molar-refractivity contribution is -0.140. The quantitative estimate of drug-likeness (QED) is 0.322. The van der Waals surface area contributed by atoms with E-state index in [2.05, 4.69) is 61.3 Å². The third-order valence-electron chi connectivity index (χ3n) is 8.43. The lowest BCUT2D eigenvalue weighted by Crippen LogP contribution is -2.47. The predicted molar refractivity (Wildman–Crippen MR) is 145 cm³/mol. The molecular formula is C28H30IN3O3. The van der Waals surface area contributed by atoms with Crippen molar-refractivity contribution in [2.24, 2.45) is 16.7 Å². The average Bonchev–Trinajstić information content (AvgIpc) is 3.12. The van der Waals surface area contributed by atoms with Gasteiger partial charge in [-0.15, -0.1) is 0 Å². The zero-order valence-corrected chi connectivity index (χ0v) is 22.6. The summed E-state index contributed by atoms with van der Waals surface area (Å²) in [5.74, 6) is -0.802. The van der Waals surface area contributed by atoms with Gasteiger partial charge in [0, 0.05) is 33.1 Å². The Balaban J connectivity index is 1.45. The van der Waals surface area contributed by atoms with Crippen molar-refractivity contribution in [1.29, 1.82) is 0 Å². The summed E-state index contributed by atoms with van der Waals surface area (Å²) in [5, 5.41) is 1.11. The van der Waals surface area contributed by atoms with E-state index in [1.54, 1.807) is 17.0 Å². The maximum Gasteiger partial charge on any atom is 0.257 e. The molecular weight excluding hydrogens is 553 g/mol. The lowest BCUT2D eigenvalue weighted by Gasteiger charge is -2.29. The van der Waals surface area contributed by atoms with Crippen LogP contribution in [0.15, 0.2) is 54.7 Å². The average molecular weight is 583 g/mol. The van der Waals surface area contributed by atoms with Gasteiger partial charge in [0.2, 0.25) is 11.8 Å². The number of fused-ring (bicyclic) bond motifs is 1. The highest BCUT2D eigenvalue weighted by Gasteiger charge is 2.69. The van der Waals surface area contributed by atoms with Crippen LogP contribution in [0.25, 0.3) is 10.9 Å². The van der Waals surface area contributed by atoms with Gasteiger partial charge in [0.15, 0.2) is 0 Å². The first kappa shape index (κ1) is 24.0. The Morgan fingerprint density at radius 2 is 1.71 bits per heavy atom. The van der Waals surface area contributed by atoms with Crippen LogP contribution in [0.1, 0.15) is 39.7 Å². The van der Waals surface area contributed by atoms with Crippen molar-refractivity contribution in [3.8, 4) is 0 Å². The molecule has 7 heteroatoms. The molecule has 1 aromatic heterocycles. The van der Waals surface area contributed by atoms with Crippen LogP contribution in [-0.2, 0) is 20.8 Å². The zero-order valence-electron chi connectivity index (χ0n) is 20.5. The molecule has 1 saturated carbocycles. The number of nitrogens with one attached hydrogen (secondary N) is 1. The number of halogens is 1. The first-order valence-electron chi connectivity index (χ1n) is 12.0. The molecule has 3 aromatic rings. The summed E-state index contributed by atoms with van der Waals surface area (Å²) in [4.78, 5) is 46.8. The molecule has 1 unspecified atom stereocenters. The third kappa shape index (κ3) is 3.88. The van der Waals surface area contributed by atoms with Crippen molar-refractivity contribution >= 4 is 56.9 Å². The van der Waals surface area contributed by atoms with Gasteiger partial charge < -0.3 is 9.88 Å². The molecule has 1 N–H and O–H groups in total. The molecule has 3 amide bonds. The monoisotopic (exact) mass is 583 g/mol. The molecule has 2 fully saturated rings. The Labute approximate surface area is 219 Å². The van der Waals surface area contributed by atoms with E-state index in [1.165, 1.54) is 4.90 Å². The highest BCUT2D eigenvalue weighted by Crippen LogP contribution is 2.69. The van der Waals surface area contributed by atoms with E-state index in [9.17, 15) is 14.4 Å². The minimum Gasteiger partial charge on any atom is -0.361 e. The van der Waals surface area contributed by atoms with Crippen LogP contribution < -0.4 is 4.90 Å². The molecule has 5 rings (SSSR count). The highest BCUT2D eigenvalue weighted by molar-refractivity contribution is 14.1. The number of carbonyl (C=O) groups is 3. The van der Waals surface area contributed by atoms with E-state index in [0.29, 0.717) is 18.7 Å². The summed E-state index contributed by atoms with van der Waals surface area (Å²) in [6.07, 6.45) is 2.58. The van der Waals surface area contributed by atoms with E-state index >= 15 is 0 Å². The van der Waals surface area contributed by atoms with Crippen molar-refractivity contribution in [1.82, 2.24) is 9.88 Å². The molecule has 1 aliphatic heterocycles. The molecule has 2 heterocycles. The number of hydrogen-bond acceptors (Lipinski definition) is 3. The van der Waals surface area contributed by atoms with Crippen LogP contribution >= 0.6 is 22.6 Å². The standard InChI is InChI=1S/C28H30IN3O3/c1-27(2)24(28(27,3)4)26(35)31(14-13-17-16-30-21-8-6-5-7-20(17)21)22-15-23(33)32(25(22)34)19-11-9-18(29)10-12-19/h5-12,16,22,24,30H,13-15H2,1-4H3.